The largest absolute Gasteiger partial charge is 1.00 e. The topological polar surface area (TPSA) is 0 Å². The third-order valence-corrected chi connectivity index (χ3v) is 1.98. The summed E-state index contributed by atoms with van der Waals surface area (Å²) in [4.78, 5) is 0. The van der Waals surface area contributed by atoms with Crippen LogP contribution in [0.3, 0.4) is 0 Å². The first-order valence-electron chi connectivity index (χ1n) is 3.64. The van der Waals surface area contributed by atoms with Gasteiger partial charge < -0.3 is 6.42 Å². The smallest absolute Gasteiger partial charge is 0.323 e. The van der Waals surface area contributed by atoms with E-state index in [9.17, 15) is 0 Å². The van der Waals surface area contributed by atoms with Gasteiger partial charge in [-0.25, -0.2) is 0 Å². The predicted molar refractivity (Wildman–Crippen MR) is 36.5 cm³/mol. The summed E-state index contributed by atoms with van der Waals surface area (Å²) in [5.41, 5.74) is 0. The minimum Gasteiger partial charge on any atom is -0.323 e. The Labute approximate surface area is 68.9 Å². The van der Waals surface area contributed by atoms with Gasteiger partial charge in [0.15, 0.2) is 0 Å². The van der Waals surface area contributed by atoms with E-state index in [1.807, 2.05) is 0 Å². The van der Waals surface area contributed by atoms with Crippen LogP contribution in [0.5, 0.6) is 0 Å². The molecule has 58 valence electrons. The molecule has 0 aromatic rings. The summed E-state index contributed by atoms with van der Waals surface area (Å²) in [5, 5.41) is 0. The molecule has 0 spiro atoms. The molecule has 0 N–H and O–H groups in total. The first-order chi connectivity index (χ1) is 3.79. The Balaban J connectivity index is 0.000000640. The fraction of sp³-hybridized carbons (Fsp3) is 0.875. The van der Waals surface area contributed by atoms with Gasteiger partial charge in [-0.05, 0) is 0 Å². The normalized spacial score (nSPS) is 35.3. The van der Waals surface area contributed by atoms with Crippen LogP contribution in [0.15, 0.2) is 0 Å². The van der Waals surface area contributed by atoms with Crippen molar-refractivity contribution in [3.8, 4) is 0 Å². The summed E-state index contributed by atoms with van der Waals surface area (Å²) in [6, 6.07) is 0. The van der Waals surface area contributed by atoms with Crippen LogP contribution in [-0.4, -0.2) is 0 Å². The molecule has 0 amide bonds. The molecule has 1 saturated carbocycles. The van der Waals surface area contributed by atoms with Crippen molar-refractivity contribution in [3.63, 3.8) is 0 Å². The van der Waals surface area contributed by atoms with Gasteiger partial charge in [0, 0.05) is 0 Å². The molecule has 0 radical (unpaired) electrons. The summed E-state index contributed by atoms with van der Waals surface area (Å²) in [5.74, 6) is 1.78. The number of rotatable bonds is 0. The van der Waals surface area contributed by atoms with E-state index in [2.05, 4.69) is 20.3 Å². The Morgan fingerprint density at radius 1 is 1.11 bits per heavy atom. The third-order valence-electron chi connectivity index (χ3n) is 1.98. The Kier molecular flexibility index (Phi) is 4.60. The molecule has 1 rings (SSSR count). The van der Waals surface area contributed by atoms with Gasteiger partial charge in [0.05, 0.1) is 0 Å². The second kappa shape index (κ2) is 4.35. The molecule has 1 fully saturated rings. The van der Waals surface area contributed by atoms with Crippen LogP contribution in [-0.2, 0) is 17.1 Å². The average Bonchev–Trinajstić information content (AvgIpc) is 1.64. The molecular formula is C8H15Cu. The summed E-state index contributed by atoms with van der Waals surface area (Å²) >= 11 is 0. The van der Waals surface area contributed by atoms with Crippen molar-refractivity contribution in [2.75, 3.05) is 0 Å². The fourth-order valence-electron chi connectivity index (χ4n) is 1.52. The van der Waals surface area contributed by atoms with E-state index in [0.717, 1.165) is 11.8 Å². The van der Waals surface area contributed by atoms with Crippen molar-refractivity contribution in [3.05, 3.63) is 6.42 Å². The average molecular weight is 175 g/mol. The monoisotopic (exact) mass is 174 g/mol. The molecule has 1 heteroatoms. The number of hydrogen-bond acceptors (Lipinski definition) is 0. The van der Waals surface area contributed by atoms with Crippen LogP contribution >= 0.6 is 0 Å². The predicted octanol–water partition coefficient (Wildman–Crippen LogP) is 2.64. The fourth-order valence-corrected chi connectivity index (χ4v) is 1.52. The molecular weight excluding hydrogens is 160 g/mol. The van der Waals surface area contributed by atoms with Crippen molar-refractivity contribution >= 4 is 0 Å². The van der Waals surface area contributed by atoms with Crippen LogP contribution in [0, 0.1) is 18.3 Å². The number of hydrogen-bond donors (Lipinski definition) is 0. The Hall–Kier alpha value is 0.519. The van der Waals surface area contributed by atoms with E-state index in [1.165, 1.54) is 19.3 Å². The molecule has 2 unspecified atom stereocenters. The van der Waals surface area contributed by atoms with Crippen LogP contribution < -0.4 is 0 Å². The van der Waals surface area contributed by atoms with Crippen molar-refractivity contribution in [2.45, 2.75) is 33.1 Å². The summed E-state index contributed by atoms with van der Waals surface area (Å²) in [6.07, 6.45) is 6.76. The van der Waals surface area contributed by atoms with E-state index in [1.54, 1.807) is 0 Å². The zero-order valence-electron chi connectivity index (χ0n) is 6.15. The summed E-state index contributed by atoms with van der Waals surface area (Å²) in [7, 11) is 0. The van der Waals surface area contributed by atoms with Gasteiger partial charge in [-0.2, -0.15) is 11.8 Å². The molecule has 2 atom stereocenters. The SMILES string of the molecule is CC1[CH-]C(C)CCC1.[Cu+]. The summed E-state index contributed by atoms with van der Waals surface area (Å²) in [6.45, 7) is 4.63. The van der Waals surface area contributed by atoms with E-state index in [-0.39, 0.29) is 17.1 Å². The van der Waals surface area contributed by atoms with E-state index in [0.29, 0.717) is 0 Å². The Bertz CT molecular complexity index is 63.0. The third kappa shape index (κ3) is 3.27. The van der Waals surface area contributed by atoms with Gasteiger partial charge in [-0.15, -0.1) is 0 Å². The molecule has 0 bridgehead atoms. The second-order valence-corrected chi connectivity index (χ2v) is 3.08. The van der Waals surface area contributed by atoms with Gasteiger partial charge in [-0.3, -0.25) is 0 Å². The van der Waals surface area contributed by atoms with Crippen molar-refractivity contribution in [1.29, 1.82) is 0 Å². The molecule has 9 heavy (non-hydrogen) atoms. The standard InChI is InChI=1S/C8H15.Cu/c1-7-4-3-5-8(2)6-7;/h6-8H,3-5H2,1-2H3;/q-1;+1. The van der Waals surface area contributed by atoms with Crippen LogP contribution in [0.2, 0.25) is 0 Å². The van der Waals surface area contributed by atoms with Gasteiger partial charge in [0.1, 0.15) is 0 Å². The minimum absolute atomic E-state index is 0. The van der Waals surface area contributed by atoms with Crippen molar-refractivity contribution < 1.29 is 17.1 Å². The molecule has 0 aromatic heterocycles. The maximum Gasteiger partial charge on any atom is 1.00 e. The van der Waals surface area contributed by atoms with E-state index >= 15 is 0 Å². The molecule has 0 aliphatic heterocycles. The van der Waals surface area contributed by atoms with Gasteiger partial charge >= 0.3 is 17.1 Å². The maximum absolute atomic E-state index is 2.48. The Morgan fingerprint density at radius 2 is 1.56 bits per heavy atom. The van der Waals surface area contributed by atoms with Crippen LogP contribution in [0.1, 0.15) is 33.1 Å². The van der Waals surface area contributed by atoms with Crippen LogP contribution in [0.4, 0.5) is 0 Å². The Morgan fingerprint density at radius 3 is 1.78 bits per heavy atom. The van der Waals surface area contributed by atoms with E-state index < -0.39 is 0 Å². The second-order valence-electron chi connectivity index (χ2n) is 3.08. The zero-order chi connectivity index (χ0) is 5.98. The minimum atomic E-state index is 0. The first-order valence-corrected chi connectivity index (χ1v) is 3.64. The van der Waals surface area contributed by atoms with Gasteiger partial charge in [0.2, 0.25) is 0 Å². The van der Waals surface area contributed by atoms with Gasteiger partial charge in [0.25, 0.3) is 0 Å². The zero-order valence-corrected chi connectivity index (χ0v) is 7.10. The molecule has 0 heterocycles. The van der Waals surface area contributed by atoms with Crippen LogP contribution in [0.25, 0.3) is 0 Å². The van der Waals surface area contributed by atoms with Gasteiger partial charge in [-0.1, -0.05) is 33.1 Å². The molecule has 0 nitrogen and oxygen atoms in total. The first kappa shape index (κ1) is 9.52. The maximum atomic E-state index is 2.48. The van der Waals surface area contributed by atoms with E-state index in [4.69, 9.17) is 0 Å². The summed E-state index contributed by atoms with van der Waals surface area (Å²) < 4.78 is 0. The van der Waals surface area contributed by atoms with Crippen molar-refractivity contribution in [1.82, 2.24) is 0 Å². The molecule has 1 aliphatic carbocycles. The quantitative estimate of drug-likeness (QED) is 0.391. The molecule has 1 aliphatic rings. The van der Waals surface area contributed by atoms with Crippen molar-refractivity contribution in [2.24, 2.45) is 11.8 Å². The molecule has 0 saturated heterocycles. The molecule has 0 aromatic carbocycles.